The third kappa shape index (κ3) is 2.74. The van der Waals surface area contributed by atoms with E-state index in [1.54, 1.807) is 6.07 Å². The van der Waals surface area contributed by atoms with Gasteiger partial charge in [-0.15, -0.1) is 0 Å². The summed E-state index contributed by atoms with van der Waals surface area (Å²) >= 11 is 0. The van der Waals surface area contributed by atoms with Gasteiger partial charge in [0, 0.05) is 5.69 Å². The Morgan fingerprint density at radius 1 is 1.43 bits per heavy atom. The number of hydrogen-bond acceptors (Lipinski definition) is 3. The molecule has 0 radical (unpaired) electrons. The van der Waals surface area contributed by atoms with E-state index < -0.39 is 12.1 Å². The molecule has 0 fully saturated rings. The third-order valence-electron chi connectivity index (χ3n) is 2.03. The van der Waals surface area contributed by atoms with Crippen LogP contribution in [0.4, 0.5) is 5.69 Å². The Hall–Kier alpha value is -1.55. The van der Waals surface area contributed by atoms with Crippen molar-refractivity contribution in [2.24, 2.45) is 0 Å². The van der Waals surface area contributed by atoms with E-state index in [0.717, 1.165) is 5.56 Å². The van der Waals surface area contributed by atoms with E-state index in [0.29, 0.717) is 12.1 Å². The van der Waals surface area contributed by atoms with E-state index in [1.807, 2.05) is 18.2 Å². The number of carbonyl (C=O) groups is 1. The zero-order valence-electron chi connectivity index (χ0n) is 7.68. The van der Waals surface area contributed by atoms with E-state index in [4.69, 9.17) is 15.9 Å². The average Bonchev–Trinajstić information content (AvgIpc) is 2.16. The maximum atomic E-state index is 10.3. The predicted molar refractivity (Wildman–Crippen MR) is 52.8 cm³/mol. The number of benzene rings is 1. The van der Waals surface area contributed by atoms with Gasteiger partial charge in [-0.3, -0.25) is 0 Å². The molecule has 0 aromatic heterocycles. The first-order valence-electron chi connectivity index (χ1n) is 4.35. The second-order valence-electron chi connectivity index (χ2n) is 3.09. The van der Waals surface area contributed by atoms with Crippen LogP contribution >= 0.6 is 0 Å². The number of carboxylic acid groups (broad SMARTS) is 1. The largest absolute Gasteiger partial charge is 0.479 e. The van der Waals surface area contributed by atoms with Gasteiger partial charge in [-0.25, -0.2) is 4.79 Å². The molecule has 1 rings (SSSR count). The molecule has 1 aromatic rings. The van der Waals surface area contributed by atoms with E-state index in [2.05, 4.69) is 0 Å². The SMILES string of the molecule is Nc1ccccc1CCC(O)C(=O)O. The van der Waals surface area contributed by atoms with Crippen LogP contribution in [0.2, 0.25) is 0 Å². The maximum absolute atomic E-state index is 10.3. The van der Waals surface area contributed by atoms with Crippen LogP contribution in [0.1, 0.15) is 12.0 Å². The van der Waals surface area contributed by atoms with Gasteiger partial charge in [-0.2, -0.15) is 0 Å². The highest BCUT2D eigenvalue weighted by molar-refractivity contribution is 5.71. The monoisotopic (exact) mass is 195 g/mol. The number of rotatable bonds is 4. The molecule has 0 saturated carbocycles. The molecule has 0 aliphatic heterocycles. The molecule has 1 atom stereocenters. The number of para-hydroxylation sites is 1. The van der Waals surface area contributed by atoms with Crippen molar-refractivity contribution >= 4 is 11.7 Å². The quantitative estimate of drug-likeness (QED) is 0.616. The minimum atomic E-state index is -1.31. The second-order valence-corrected chi connectivity index (χ2v) is 3.09. The second kappa shape index (κ2) is 4.62. The van der Waals surface area contributed by atoms with Gasteiger partial charge in [0.15, 0.2) is 6.10 Å². The van der Waals surface area contributed by atoms with E-state index >= 15 is 0 Å². The number of nitrogens with two attached hydrogens (primary N) is 1. The Kier molecular flexibility index (Phi) is 3.48. The van der Waals surface area contributed by atoms with Gasteiger partial charge in [0.2, 0.25) is 0 Å². The lowest BCUT2D eigenvalue weighted by atomic mass is 10.1. The highest BCUT2D eigenvalue weighted by Crippen LogP contribution is 2.13. The fourth-order valence-electron chi connectivity index (χ4n) is 1.18. The van der Waals surface area contributed by atoms with Gasteiger partial charge in [0.05, 0.1) is 0 Å². The molecular formula is C10H13NO3. The summed E-state index contributed by atoms with van der Waals surface area (Å²) in [7, 11) is 0. The van der Waals surface area contributed by atoms with Gasteiger partial charge < -0.3 is 15.9 Å². The minimum Gasteiger partial charge on any atom is -0.479 e. The Bertz CT molecular complexity index is 325. The molecule has 0 saturated heterocycles. The molecule has 0 heterocycles. The summed E-state index contributed by atoms with van der Waals surface area (Å²) in [5.74, 6) is -1.19. The molecule has 14 heavy (non-hydrogen) atoms. The first-order valence-corrected chi connectivity index (χ1v) is 4.35. The van der Waals surface area contributed by atoms with Crippen molar-refractivity contribution in [1.82, 2.24) is 0 Å². The lowest BCUT2D eigenvalue weighted by Gasteiger charge is -2.07. The van der Waals surface area contributed by atoms with Crippen LogP contribution in [0.25, 0.3) is 0 Å². The molecule has 0 amide bonds. The van der Waals surface area contributed by atoms with Crippen LogP contribution in [0.5, 0.6) is 0 Å². The number of anilines is 1. The highest BCUT2D eigenvalue weighted by atomic mass is 16.4. The van der Waals surface area contributed by atoms with Crippen molar-refractivity contribution in [3.05, 3.63) is 29.8 Å². The molecule has 4 heteroatoms. The van der Waals surface area contributed by atoms with Crippen LogP contribution in [-0.4, -0.2) is 22.3 Å². The fourth-order valence-corrected chi connectivity index (χ4v) is 1.18. The normalized spacial score (nSPS) is 12.4. The number of nitrogen functional groups attached to an aromatic ring is 1. The fraction of sp³-hybridized carbons (Fsp3) is 0.300. The lowest BCUT2D eigenvalue weighted by Crippen LogP contribution is -2.20. The third-order valence-corrected chi connectivity index (χ3v) is 2.03. The summed E-state index contributed by atoms with van der Waals surface area (Å²) in [6.45, 7) is 0. The molecule has 1 unspecified atom stereocenters. The minimum absolute atomic E-state index is 0.184. The molecule has 1 aromatic carbocycles. The van der Waals surface area contributed by atoms with Gasteiger partial charge in [-0.05, 0) is 24.5 Å². The van der Waals surface area contributed by atoms with Crippen molar-refractivity contribution < 1.29 is 15.0 Å². The van der Waals surface area contributed by atoms with Crippen molar-refractivity contribution in [2.45, 2.75) is 18.9 Å². The molecule has 0 aliphatic carbocycles. The van der Waals surface area contributed by atoms with Gasteiger partial charge in [-0.1, -0.05) is 18.2 Å². The summed E-state index contributed by atoms with van der Waals surface area (Å²) in [5.41, 5.74) is 7.15. The van der Waals surface area contributed by atoms with Gasteiger partial charge >= 0.3 is 5.97 Å². The summed E-state index contributed by atoms with van der Waals surface area (Å²) in [4.78, 5) is 10.3. The predicted octanol–water partition coefficient (Wildman–Crippen LogP) is 0.647. The molecule has 76 valence electrons. The number of aliphatic hydroxyl groups is 1. The molecule has 4 nitrogen and oxygen atoms in total. The maximum Gasteiger partial charge on any atom is 0.332 e. The van der Waals surface area contributed by atoms with Crippen molar-refractivity contribution in [3.8, 4) is 0 Å². The van der Waals surface area contributed by atoms with Gasteiger partial charge in [0.1, 0.15) is 0 Å². The number of hydrogen-bond donors (Lipinski definition) is 3. The van der Waals surface area contributed by atoms with Crippen molar-refractivity contribution in [1.29, 1.82) is 0 Å². The molecule has 0 bridgehead atoms. The smallest absolute Gasteiger partial charge is 0.332 e. The number of carboxylic acids is 1. The zero-order valence-corrected chi connectivity index (χ0v) is 7.68. The molecular weight excluding hydrogens is 182 g/mol. The number of aliphatic carboxylic acids is 1. The van der Waals surface area contributed by atoms with E-state index in [-0.39, 0.29) is 6.42 Å². The van der Waals surface area contributed by atoms with Crippen LogP contribution in [0.15, 0.2) is 24.3 Å². The van der Waals surface area contributed by atoms with E-state index in [9.17, 15) is 4.79 Å². The molecule has 0 spiro atoms. The van der Waals surface area contributed by atoms with Gasteiger partial charge in [0.25, 0.3) is 0 Å². The van der Waals surface area contributed by atoms with Crippen LogP contribution < -0.4 is 5.73 Å². The van der Waals surface area contributed by atoms with Crippen molar-refractivity contribution in [3.63, 3.8) is 0 Å². The summed E-state index contributed by atoms with van der Waals surface area (Å²) < 4.78 is 0. The van der Waals surface area contributed by atoms with Crippen LogP contribution in [-0.2, 0) is 11.2 Å². The topological polar surface area (TPSA) is 83.5 Å². The summed E-state index contributed by atoms with van der Waals surface area (Å²) in [6, 6.07) is 7.22. The Balaban J connectivity index is 2.54. The zero-order chi connectivity index (χ0) is 10.6. The number of aryl methyl sites for hydroxylation is 1. The Morgan fingerprint density at radius 2 is 2.07 bits per heavy atom. The Labute approximate surface area is 82.0 Å². The highest BCUT2D eigenvalue weighted by Gasteiger charge is 2.12. The van der Waals surface area contributed by atoms with Crippen LogP contribution in [0, 0.1) is 0 Å². The molecule has 4 N–H and O–H groups in total. The number of aliphatic hydroxyl groups excluding tert-OH is 1. The van der Waals surface area contributed by atoms with Crippen molar-refractivity contribution in [2.75, 3.05) is 5.73 Å². The summed E-state index contributed by atoms with van der Waals surface area (Å²) in [5, 5.41) is 17.5. The first kappa shape index (κ1) is 10.5. The molecule has 0 aliphatic rings. The standard InChI is InChI=1S/C10H13NO3/c11-8-4-2-1-3-7(8)5-6-9(12)10(13)14/h1-4,9,12H,5-6,11H2,(H,13,14). The Morgan fingerprint density at radius 3 is 2.64 bits per heavy atom. The first-order chi connectivity index (χ1) is 6.61. The van der Waals surface area contributed by atoms with Crippen LogP contribution in [0.3, 0.4) is 0 Å². The average molecular weight is 195 g/mol. The summed E-state index contributed by atoms with van der Waals surface area (Å²) in [6.07, 6.45) is -0.654. The lowest BCUT2D eigenvalue weighted by molar-refractivity contribution is -0.146. The van der Waals surface area contributed by atoms with E-state index in [1.165, 1.54) is 0 Å².